The predicted octanol–water partition coefficient (Wildman–Crippen LogP) is 0.607. The van der Waals surface area contributed by atoms with Gasteiger partial charge in [-0.15, -0.1) is 0 Å². The molecule has 1 amide bonds. The third-order valence-electron chi connectivity index (χ3n) is 2.77. The maximum atomic E-state index is 11.7. The van der Waals surface area contributed by atoms with Gasteiger partial charge in [-0.2, -0.15) is 8.42 Å². The topological polar surface area (TPSA) is 127 Å². The number of amides is 1. The van der Waals surface area contributed by atoms with Gasteiger partial charge in [-0.25, -0.2) is 0 Å². The van der Waals surface area contributed by atoms with Crippen molar-refractivity contribution < 1.29 is 17.8 Å². The van der Waals surface area contributed by atoms with E-state index in [9.17, 15) is 17.8 Å². The summed E-state index contributed by atoms with van der Waals surface area (Å²) < 4.78 is 32.1. The monoisotopic (exact) mass is 301 g/mol. The number of hydrogen-bond acceptors (Lipinski definition) is 5. The fraction of sp³-hybridized carbons (Fsp3) is 0.417. The van der Waals surface area contributed by atoms with Gasteiger partial charge in [0.05, 0.1) is 5.69 Å². The Morgan fingerprint density at radius 3 is 2.50 bits per heavy atom. The van der Waals surface area contributed by atoms with E-state index in [1.807, 2.05) is 0 Å². The third-order valence-corrected chi connectivity index (χ3v) is 3.65. The molecule has 0 fully saturated rings. The second-order valence-electron chi connectivity index (χ2n) is 4.37. The van der Waals surface area contributed by atoms with Crippen molar-refractivity contribution in [3.05, 3.63) is 18.2 Å². The van der Waals surface area contributed by atoms with E-state index in [-0.39, 0.29) is 22.2 Å². The third kappa shape index (κ3) is 4.19. The number of carbonyl (C=O) groups excluding carboxylic acids is 1. The highest BCUT2D eigenvalue weighted by molar-refractivity contribution is 7.86. The van der Waals surface area contributed by atoms with E-state index >= 15 is 0 Å². The summed E-state index contributed by atoms with van der Waals surface area (Å²) in [6.45, 7) is 2.13. The van der Waals surface area contributed by atoms with Crippen LogP contribution in [-0.2, 0) is 14.9 Å². The van der Waals surface area contributed by atoms with Gasteiger partial charge in [-0.1, -0.05) is 0 Å². The van der Waals surface area contributed by atoms with Gasteiger partial charge < -0.3 is 16.4 Å². The van der Waals surface area contributed by atoms with Gasteiger partial charge in [-0.3, -0.25) is 9.35 Å². The first kappa shape index (κ1) is 16.4. The minimum Gasteiger partial charge on any atom is -0.399 e. The zero-order chi connectivity index (χ0) is 15.3. The van der Waals surface area contributed by atoms with Crippen molar-refractivity contribution >= 4 is 27.4 Å². The first-order chi connectivity index (χ1) is 9.27. The molecule has 0 bridgehead atoms. The number of rotatable bonds is 6. The van der Waals surface area contributed by atoms with Crippen molar-refractivity contribution in [3.63, 3.8) is 0 Å². The summed E-state index contributed by atoms with van der Waals surface area (Å²) in [5.74, 6) is -0.323. The largest absolute Gasteiger partial charge is 0.399 e. The molecule has 0 spiro atoms. The molecule has 20 heavy (non-hydrogen) atoms. The number of anilines is 2. The van der Waals surface area contributed by atoms with E-state index in [0.717, 1.165) is 6.07 Å². The van der Waals surface area contributed by atoms with E-state index in [1.165, 1.54) is 24.0 Å². The lowest BCUT2D eigenvalue weighted by molar-refractivity contribution is -0.116. The molecule has 0 aliphatic heterocycles. The molecule has 0 atom stereocenters. The summed E-state index contributed by atoms with van der Waals surface area (Å²) in [5.41, 5.74) is 11.2. The van der Waals surface area contributed by atoms with Gasteiger partial charge in [-0.05, 0) is 37.6 Å². The van der Waals surface area contributed by atoms with E-state index in [4.69, 9.17) is 11.5 Å². The highest BCUT2D eigenvalue weighted by Gasteiger charge is 2.22. The standard InChI is InChI=1S/C12H19N3O4S/c1-9(16)15(7-3-2-6-13)11-5-4-10(14)8-12(11)20(17,18)19/h4-5,8H,2-3,6-7,13-14H2,1H3,(H,17,18,19). The first-order valence-corrected chi connectivity index (χ1v) is 7.56. The Balaban J connectivity index is 3.23. The number of carbonyl (C=O) groups is 1. The molecule has 0 aromatic heterocycles. The summed E-state index contributed by atoms with van der Waals surface area (Å²) in [5, 5.41) is 0. The van der Waals surface area contributed by atoms with Crippen LogP contribution in [0.1, 0.15) is 19.8 Å². The number of unbranched alkanes of at least 4 members (excludes halogenated alkanes) is 1. The molecule has 8 heteroatoms. The highest BCUT2D eigenvalue weighted by Crippen LogP contribution is 2.27. The highest BCUT2D eigenvalue weighted by atomic mass is 32.2. The van der Waals surface area contributed by atoms with E-state index in [2.05, 4.69) is 0 Å². The minimum atomic E-state index is -4.46. The Morgan fingerprint density at radius 2 is 2.00 bits per heavy atom. The molecule has 0 heterocycles. The van der Waals surface area contributed by atoms with Crippen LogP contribution in [0.25, 0.3) is 0 Å². The van der Waals surface area contributed by atoms with Crippen molar-refractivity contribution in [1.82, 2.24) is 0 Å². The molecule has 1 aromatic carbocycles. The zero-order valence-corrected chi connectivity index (χ0v) is 12.1. The molecule has 0 saturated heterocycles. The van der Waals surface area contributed by atoms with Crippen molar-refractivity contribution in [2.45, 2.75) is 24.7 Å². The van der Waals surface area contributed by atoms with Crippen LogP contribution in [0.3, 0.4) is 0 Å². The normalized spacial score (nSPS) is 11.3. The molecular weight excluding hydrogens is 282 g/mol. The van der Waals surface area contributed by atoms with Crippen molar-refractivity contribution in [2.75, 3.05) is 23.7 Å². The number of nitrogen functional groups attached to an aromatic ring is 1. The summed E-state index contributed by atoms with van der Waals surface area (Å²) in [6, 6.07) is 4.01. The fourth-order valence-corrected chi connectivity index (χ4v) is 2.55. The lowest BCUT2D eigenvalue weighted by atomic mass is 10.2. The maximum absolute atomic E-state index is 11.7. The molecule has 1 aromatic rings. The fourth-order valence-electron chi connectivity index (χ4n) is 1.82. The molecule has 112 valence electrons. The zero-order valence-electron chi connectivity index (χ0n) is 11.2. The van der Waals surface area contributed by atoms with Gasteiger partial charge in [0.15, 0.2) is 0 Å². The minimum absolute atomic E-state index is 0.117. The van der Waals surface area contributed by atoms with E-state index < -0.39 is 10.1 Å². The van der Waals surface area contributed by atoms with E-state index in [1.54, 1.807) is 0 Å². The number of benzene rings is 1. The summed E-state index contributed by atoms with van der Waals surface area (Å²) in [6.07, 6.45) is 1.34. The average molecular weight is 301 g/mol. The molecule has 0 aliphatic carbocycles. The summed E-state index contributed by atoms with van der Waals surface area (Å²) in [7, 11) is -4.46. The van der Waals surface area contributed by atoms with Crippen LogP contribution in [0.5, 0.6) is 0 Å². The van der Waals surface area contributed by atoms with Crippen LogP contribution in [0.2, 0.25) is 0 Å². The lowest BCUT2D eigenvalue weighted by Crippen LogP contribution is -2.31. The maximum Gasteiger partial charge on any atom is 0.296 e. The first-order valence-electron chi connectivity index (χ1n) is 6.12. The molecule has 0 unspecified atom stereocenters. The molecule has 0 aliphatic rings. The quantitative estimate of drug-likeness (QED) is 0.401. The molecule has 7 nitrogen and oxygen atoms in total. The van der Waals surface area contributed by atoms with Crippen molar-refractivity contribution in [1.29, 1.82) is 0 Å². The lowest BCUT2D eigenvalue weighted by Gasteiger charge is -2.23. The molecule has 5 N–H and O–H groups in total. The molecule has 0 saturated carbocycles. The Labute approximate surface area is 118 Å². The number of nitrogens with zero attached hydrogens (tertiary/aromatic N) is 1. The van der Waals surface area contributed by atoms with Crippen LogP contribution < -0.4 is 16.4 Å². The average Bonchev–Trinajstić information content (AvgIpc) is 2.34. The van der Waals surface area contributed by atoms with Gasteiger partial charge >= 0.3 is 0 Å². The summed E-state index contributed by atoms with van der Waals surface area (Å²) >= 11 is 0. The second-order valence-corrected chi connectivity index (χ2v) is 5.76. The Morgan fingerprint density at radius 1 is 1.35 bits per heavy atom. The Bertz CT molecular complexity index is 586. The van der Waals surface area contributed by atoms with Crippen molar-refractivity contribution in [3.8, 4) is 0 Å². The van der Waals surface area contributed by atoms with Crippen LogP contribution in [-0.4, -0.2) is 32.0 Å². The SMILES string of the molecule is CC(=O)N(CCCCN)c1ccc(N)cc1S(=O)(=O)O. The number of nitrogens with two attached hydrogens (primary N) is 2. The van der Waals surface area contributed by atoms with E-state index in [0.29, 0.717) is 25.9 Å². The second kappa shape index (κ2) is 6.69. The van der Waals surface area contributed by atoms with Crippen LogP contribution in [0, 0.1) is 0 Å². The summed E-state index contributed by atoms with van der Waals surface area (Å²) in [4.78, 5) is 12.6. The van der Waals surface area contributed by atoms with Crippen LogP contribution in [0.15, 0.2) is 23.1 Å². The van der Waals surface area contributed by atoms with Gasteiger partial charge in [0.1, 0.15) is 4.90 Å². The van der Waals surface area contributed by atoms with Crippen LogP contribution in [0.4, 0.5) is 11.4 Å². The van der Waals surface area contributed by atoms with Crippen molar-refractivity contribution in [2.24, 2.45) is 5.73 Å². The van der Waals surface area contributed by atoms with Gasteiger partial charge in [0.25, 0.3) is 10.1 Å². The molecule has 0 radical (unpaired) electrons. The van der Waals surface area contributed by atoms with Gasteiger partial charge in [0, 0.05) is 19.2 Å². The van der Waals surface area contributed by atoms with Gasteiger partial charge in [0.2, 0.25) is 5.91 Å². The predicted molar refractivity (Wildman–Crippen MR) is 77.0 cm³/mol. The number of hydrogen-bond donors (Lipinski definition) is 3. The molecule has 1 rings (SSSR count). The Kier molecular flexibility index (Phi) is 5.49. The smallest absolute Gasteiger partial charge is 0.296 e. The molecular formula is C12H19N3O4S. The Hall–Kier alpha value is -1.64. The van der Waals surface area contributed by atoms with Crippen LogP contribution >= 0.6 is 0 Å².